The number of nitrogens with one attached hydrogen (secondary N) is 1. The summed E-state index contributed by atoms with van der Waals surface area (Å²) in [6.45, 7) is 4.12. The Labute approximate surface area is 113 Å². The molecule has 0 aliphatic carbocycles. The van der Waals surface area contributed by atoms with Gasteiger partial charge in [0.05, 0.1) is 6.61 Å². The maximum atomic E-state index is 11.8. The van der Waals surface area contributed by atoms with Crippen molar-refractivity contribution in [1.82, 2.24) is 5.32 Å². The predicted molar refractivity (Wildman–Crippen MR) is 76.7 cm³/mol. The van der Waals surface area contributed by atoms with E-state index in [0.29, 0.717) is 12.4 Å². The van der Waals surface area contributed by atoms with E-state index >= 15 is 0 Å². The van der Waals surface area contributed by atoms with Crippen molar-refractivity contribution in [2.45, 2.75) is 25.1 Å². The minimum atomic E-state index is -0.616. The Bertz CT molecular complexity index is 369. The van der Waals surface area contributed by atoms with Gasteiger partial charge in [-0.3, -0.25) is 4.79 Å². The summed E-state index contributed by atoms with van der Waals surface area (Å²) in [5.74, 6) is 1.41. The molecule has 0 saturated carbocycles. The quantitative estimate of drug-likeness (QED) is 0.770. The van der Waals surface area contributed by atoms with Gasteiger partial charge in [-0.15, -0.1) is 0 Å². The second-order valence-electron chi connectivity index (χ2n) is 4.28. The minimum Gasteiger partial charge on any atom is -0.465 e. The SMILES string of the molecule is CCOC(=O)C(C)(CSCc1ccccc1)NC. The Morgan fingerprint density at radius 2 is 2.06 bits per heavy atom. The Morgan fingerprint density at radius 1 is 1.39 bits per heavy atom. The molecule has 0 heterocycles. The molecule has 1 aromatic carbocycles. The molecule has 4 heteroatoms. The topological polar surface area (TPSA) is 38.3 Å². The minimum absolute atomic E-state index is 0.187. The monoisotopic (exact) mass is 267 g/mol. The highest BCUT2D eigenvalue weighted by Crippen LogP contribution is 2.19. The summed E-state index contributed by atoms with van der Waals surface area (Å²) >= 11 is 1.73. The van der Waals surface area contributed by atoms with E-state index in [4.69, 9.17) is 4.74 Å². The number of carbonyl (C=O) groups is 1. The average molecular weight is 267 g/mol. The molecule has 0 bridgehead atoms. The fraction of sp³-hybridized carbons (Fsp3) is 0.500. The Balaban J connectivity index is 2.46. The van der Waals surface area contributed by atoms with E-state index < -0.39 is 5.54 Å². The molecule has 0 fully saturated rings. The average Bonchev–Trinajstić information content (AvgIpc) is 2.40. The third kappa shape index (κ3) is 4.35. The highest BCUT2D eigenvalue weighted by atomic mass is 32.2. The maximum absolute atomic E-state index is 11.8. The first-order chi connectivity index (χ1) is 8.62. The number of rotatable bonds is 7. The summed E-state index contributed by atoms with van der Waals surface area (Å²) in [7, 11) is 1.79. The summed E-state index contributed by atoms with van der Waals surface area (Å²) in [6, 6.07) is 10.2. The zero-order valence-electron chi connectivity index (χ0n) is 11.2. The van der Waals surface area contributed by atoms with Crippen LogP contribution in [0.3, 0.4) is 0 Å². The van der Waals surface area contributed by atoms with E-state index in [0.717, 1.165) is 5.75 Å². The van der Waals surface area contributed by atoms with Crippen molar-refractivity contribution in [2.75, 3.05) is 19.4 Å². The number of benzene rings is 1. The molecule has 0 radical (unpaired) electrons. The molecule has 3 nitrogen and oxygen atoms in total. The summed E-state index contributed by atoms with van der Waals surface area (Å²) in [5.41, 5.74) is 0.653. The molecule has 1 aromatic rings. The predicted octanol–water partition coefficient (Wildman–Crippen LogP) is 2.46. The lowest BCUT2D eigenvalue weighted by Gasteiger charge is -2.26. The molecular formula is C14H21NO2S. The van der Waals surface area contributed by atoms with Gasteiger partial charge in [-0.2, -0.15) is 11.8 Å². The summed E-state index contributed by atoms with van der Waals surface area (Å²) in [4.78, 5) is 11.8. The smallest absolute Gasteiger partial charge is 0.326 e. The van der Waals surface area contributed by atoms with Crippen LogP contribution >= 0.6 is 11.8 Å². The van der Waals surface area contributed by atoms with Gasteiger partial charge < -0.3 is 10.1 Å². The fourth-order valence-corrected chi connectivity index (χ4v) is 2.67. The lowest BCUT2D eigenvalue weighted by molar-refractivity contribution is -0.149. The molecule has 0 saturated heterocycles. The van der Waals surface area contributed by atoms with E-state index in [1.54, 1.807) is 18.8 Å². The van der Waals surface area contributed by atoms with Crippen LogP contribution in [-0.4, -0.2) is 30.9 Å². The molecule has 1 unspecified atom stereocenters. The van der Waals surface area contributed by atoms with E-state index in [1.807, 2.05) is 32.0 Å². The zero-order chi connectivity index (χ0) is 13.4. The van der Waals surface area contributed by atoms with Crippen molar-refractivity contribution >= 4 is 17.7 Å². The summed E-state index contributed by atoms with van der Waals surface area (Å²) in [6.07, 6.45) is 0. The van der Waals surface area contributed by atoms with Gasteiger partial charge in [0.2, 0.25) is 0 Å². The van der Waals surface area contributed by atoms with E-state index in [2.05, 4.69) is 17.4 Å². The number of ether oxygens (including phenoxy) is 1. The highest BCUT2D eigenvalue weighted by Gasteiger charge is 2.32. The van der Waals surface area contributed by atoms with Gasteiger partial charge in [-0.25, -0.2) is 0 Å². The molecule has 1 N–H and O–H groups in total. The number of likely N-dealkylation sites (N-methyl/N-ethyl adjacent to an activating group) is 1. The Morgan fingerprint density at radius 3 is 2.61 bits per heavy atom. The van der Waals surface area contributed by atoms with Crippen molar-refractivity contribution in [3.63, 3.8) is 0 Å². The standard InChI is InChI=1S/C14H21NO2S/c1-4-17-13(16)14(2,15-3)11-18-10-12-8-6-5-7-9-12/h5-9,15H,4,10-11H2,1-3H3. The molecular weight excluding hydrogens is 246 g/mol. The van der Waals surface area contributed by atoms with Gasteiger partial charge in [0.25, 0.3) is 0 Å². The van der Waals surface area contributed by atoms with Crippen LogP contribution in [-0.2, 0) is 15.3 Å². The number of hydrogen-bond donors (Lipinski definition) is 1. The van der Waals surface area contributed by atoms with Crippen molar-refractivity contribution in [1.29, 1.82) is 0 Å². The third-order valence-electron chi connectivity index (χ3n) is 2.78. The van der Waals surface area contributed by atoms with Crippen molar-refractivity contribution < 1.29 is 9.53 Å². The summed E-state index contributed by atoms with van der Waals surface area (Å²) < 4.78 is 5.09. The van der Waals surface area contributed by atoms with Crippen LogP contribution in [0.2, 0.25) is 0 Å². The normalized spacial score (nSPS) is 13.9. The van der Waals surface area contributed by atoms with Crippen LogP contribution < -0.4 is 5.32 Å². The molecule has 1 atom stereocenters. The lowest BCUT2D eigenvalue weighted by atomic mass is 10.1. The van der Waals surface area contributed by atoms with Crippen molar-refractivity contribution in [2.24, 2.45) is 0 Å². The van der Waals surface area contributed by atoms with Crippen LogP contribution in [0.25, 0.3) is 0 Å². The number of carbonyl (C=O) groups excluding carboxylic acids is 1. The number of thioether (sulfide) groups is 1. The lowest BCUT2D eigenvalue weighted by Crippen LogP contribution is -2.50. The van der Waals surface area contributed by atoms with Gasteiger partial charge >= 0.3 is 5.97 Å². The van der Waals surface area contributed by atoms with Crippen LogP contribution in [0.4, 0.5) is 0 Å². The first kappa shape index (κ1) is 15.1. The zero-order valence-corrected chi connectivity index (χ0v) is 12.0. The highest BCUT2D eigenvalue weighted by molar-refractivity contribution is 7.98. The van der Waals surface area contributed by atoms with Gasteiger partial charge in [-0.05, 0) is 26.5 Å². The fourth-order valence-electron chi connectivity index (χ4n) is 1.47. The van der Waals surface area contributed by atoms with Crippen LogP contribution in [0.1, 0.15) is 19.4 Å². The third-order valence-corrected chi connectivity index (χ3v) is 4.10. The molecule has 0 aliphatic rings. The molecule has 0 amide bonds. The van der Waals surface area contributed by atoms with Gasteiger partial charge in [0.1, 0.15) is 5.54 Å². The summed E-state index contributed by atoms with van der Waals surface area (Å²) in [5, 5.41) is 3.05. The molecule has 18 heavy (non-hydrogen) atoms. The van der Waals surface area contributed by atoms with Crippen molar-refractivity contribution in [3.8, 4) is 0 Å². The maximum Gasteiger partial charge on any atom is 0.326 e. The van der Waals surface area contributed by atoms with E-state index in [9.17, 15) is 4.79 Å². The first-order valence-corrected chi connectivity index (χ1v) is 7.25. The van der Waals surface area contributed by atoms with Gasteiger partial charge in [0.15, 0.2) is 0 Å². The van der Waals surface area contributed by atoms with Crippen LogP contribution in [0, 0.1) is 0 Å². The second-order valence-corrected chi connectivity index (χ2v) is 5.27. The molecule has 0 aliphatic heterocycles. The molecule has 100 valence electrons. The Kier molecular flexibility index (Phi) is 6.22. The van der Waals surface area contributed by atoms with Gasteiger partial charge in [0, 0.05) is 11.5 Å². The van der Waals surface area contributed by atoms with E-state index in [-0.39, 0.29) is 5.97 Å². The second kappa shape index (κ2) is 7.44. The first-order valence-electron chi connectivity index (χ1n) is 6.10. The number of hydrogen-bond acceptors (Lipinski definition) is 4. The molecule has 0 aromatic heterocycles. The van der Waals surface area contributed by atoms with Crippen LogP contribution in [0.15, 0.2) is 30.3 Å². The van der Waals surface area contributed by atoms with Gasteiger partial charge in [-0.1, -0.05) is 30.3 Å². The molecule has 1 rings (SSSR count). The number of esters is 1. The van der Waals surface area contributed by atoms with E-state index in [1.165, 1.54) is 5.56 Å². The van der Waals surface area contributed by atoms with Crippen molar-refractivity contribution in [3.05, 3.63) is 35.9 Å². The Hall–Kier alpha value is -1.00. The largest absolute Gasteiger partial charge is 0.465 e. The van der Waals surface area contributed by atoms with Crippen LogP contribution in [0.5, 0.6) is 0 Å². The molecule has 0 spiro atoms.